The molecule has 5 heteroatoms. The van der Waals surface area contributed by atoms with Crippen LogP contribution in [0.1, 0.15) is 0 Å². The largest absolute Gasteiger partial charge is 2.00 e. The van der Waals surface area contributed by atoms with Gasteiger partial charge in [0.2, 0.25) is 0 Å². The normalized spacial score (nSPS) is 6.55. The van der Waals surface area contributed by atoms with Gasteiger partial charge in [-0.15, -0.1) is 0 Å². The van der Waals surface area contributed by atoms with Gasteiger partial charge in [-0.1, -0.05) is 12.1 Å². The summed E-state index contributed by atoms with van der Waals surface area (Å²) in [5.74, 6) is 0. The molecule has 0 spiro atoms. The zero-order valence-electron chi connectivity index (χ0n) is 5.54. The van der Waals surface area contributed by atoms with E-state index in [0.29, 0.717) is 11.4 Å². The van der Waals surface area contributed by atoms with E-state index in [1.54, 1.807) is 12.1 Å². The number of rotatable bonds is 0. The molecule has 2 nitrogen and oxygen atoms in total. The minimum atomic E-state index is 0. The van der Waals surface area contributed by atoms with Crippen LogP contribution in [0.2, 0.25) is 0 Å². The molecule has 0 heterocycles. The van der Waals surface area contributed by atoms with Gasteiger partial charge in [-0.3, -0.25) is 0 Å². The van der Waals surface area contributed by atoms with E-state index < -0.39 is 0 Å². The summed E-state index contributed by atoms with van der Waals surface area (Å²) in [5, 5.41) is 0. The van der Waals surface area contributed by atoms with Crippen molar-refractivity contribution in [1.29, 1.82) is 0 Å². The van der Waals surface area contributed by atoms with Crippen LogP contribution in [0.15, 0.2) is 24.3 Å². The Morgan fingerprint density at radius 2 is 1.09 bits per heavy atom. The van der Waals surface area contributed by atoms with Crippen molar-refractivity contribution in [2.75, 3.05) is 11.5 Å². The number of hydrogen-bond donors (Lipinski definition) is 2. The van der Waals surface area contributed by atoms with Gasteiger partial charge in [-0.2, -0.15) is 0 Å². The second-order valence-corrected chi connectivity index (χ2v) is 1.63. The van der Waals surface area contributed by atoms with Crippen molar-refractivity contribution in [3.05, 3.63) is 24.3 Å². The maximum absolute atomic E-state index is 5.39. The Hall–Kier alpha value is 0.0883. The van der Waals surface area contributed by atoms with Gasteiger partial charge in [0.1, 0.15) is 0 Å². The van der Waals surface area contributed by atoms with E-state index in [2.05, 4.69) is 0 Å². The van der Waals surface area contributed by atoms with Gasteiger partial charge in [0.25, 0.3) is 0 Å². The Morgan fingerprint density at radius 1 is 0.818 bits per heavy atom. The fraction of sp³-hybridized carbons (Fsp3) is 0. The molecule has 0 aliphatic rings. The predicted octanol–water partition coefficient (Wildman–Crippen LogP) is -5.14. The fourth-order valence-corrected chi connectivity index (χ4v) is 0.511. The number of para-hydroxylation sites is 2. The van der Waals surface area contributed by atoms with E-state index >= 15 is 0 Å². The van der Waals surface area contributed by atoms with Crippen molar-refractivity contribution in [1.82, 2.24) is 0 Å². The van der Waals surface area contributed by atoms with Gasteiger partial charge < -0.3 is 36.3 Å². The molecule has 0 amide bonds. The Morgan fingerprint density at radius 3 is 1.27 bits per heavy atom. The molecule has 0 aliphatic heterocycles. The number of anilines is 2. The van der Waals surface area contributed by atoms with E-state index in [0.717, 1.165) is 0 Å². The van der Waals surface area contributed by atoms with Crippen molar-refractivity contribution < 1.29 is 45.9 Å². The molecule has 0 atom stereocenters. The van der Waals surface area contributed by atoms with Crippen LogP contribution in [0.4, 0.5) is 11.4 Å². The summed E-state index contributed by atoms with van der Waals surface area (Å²) in [6.07, 6.45) is 0. The molecule has 0 saturated carbocycles. The molecule has 0 aromatic heterocycles. The first kappa shape index (κ1) is 17.2. The standard InChI is InChI=1S/C6H8N2.2ClH.Pt/c7-5-3-1-2-4-6(5)8;;;/h1-4H,7-8H2;2*1H;/q;;;+2/p-2. The van der Waals surface area contributed by atoms with Crippen LogP contribution in [-0.2, 0) is 21.1 Å². The number of halogens is 2. The predicted molar refractivity (Wildman–Crippen MR) is 35.3 cm³/mol. The molecule has 0 saturated heterocycles. The van der Waals surface area contributed by atoms with Gasteiger partial charge in [0, 0.05) is 0 Å². The zero-order valence-corrected chi connectivity index (χ0v) is 9.32. The third-order valence-electron chi connectivity index (χ3n) is 0.996. The molecule has 1 aromatic carbocycles. The summed E-state index contributed by atoms with van der Waals surface area (Å²) in [6, 6.07) is 7.25. The molecule has 0 fully saturated rings. The quantitative estimate of drug-likeness (QED) is 0.447. The Bertz CT molecular complexity index is 175. The van der Waals surface area contributed by atoms with Gasteiger partial charge in [-0.25, -0.2) is 0 Å². The Kier molecular flexibility index (Phi) is 12.8. The van der Waals surface area contributed by atoms with E-state index in [9.17, 15) is 0 Å². The molecule has 0 bridgehead atoms. The van der Waals surface area contributed by atoms with E-state index in [1.165, 1.54) is 0 Å². The van der Waals surface area contributed by atoms with Crippen LogP contribution >= 0.6 is 0 Å². The molecule has 4 N–H and O–H groups in total. The molecular formula is C6H8Cl2N2Pt. The smallest absolute Gasteiger partial charge is 1.00 e. The first-order valence-corrected chi connectivity index (χ1v) is 2.40. The molecule has 66 valence electrons. The third kappa shape index (κ3) is 5.37. The van der Waals surface area contributed by atoms with Gasteiger partial charge in [-0.05, 0) is 12.1 Å². The van der Waals surface area contributed by atoms with E-state index in [4.69, 9.17) is 11.5 Å². The SMILES string of the molecule is Nc1ccccc1N.[Cl-].[Cl-].[Pt+2]. The number of nitrogens with two attached hydrogens (primary N) is 2. The van der Waals surface area contributed by atoms with Crippen molar-refractivity contribution in [3.63, 3.8) is 0 Å². The summed E-state index contributed by atoms with van der Waals surface area (Å²) in [5.41, 5.74) is 12.1. The Labute approximate surface area is 92.8 Å². The third-order valence-corrected chi connectivity index (χ3v) is 0.996. The number of benzene rings is 1. The molecule has 1 rings (SSSR count). The summed E-state index contributed by atoms with van der Waals surface area (Å²) in [7, 11) is 0. The van der Waals surface area contributed by atoms with Crippen LogP contribution in [0, 0.1) is 0 Å². The van der Waals surface area contributed by atoms with Crippen molar-refractivity contribution in [2.45, 2.75) is 0 Å². The summed E-state index contributed by atoms with van der Waals surface area (Å²) < 4.78 is 0. The van der Waals surface area contributed by atoms with Crippen molar-refractivity contribution >= 4 is 11.4 Å². The summed E-state index contributed by atoms with van der Waals surface area (Å²) >= 11 is 0. The average Bonchev–Trinajstić information content (AvgIpc) is 1.77. The van der Waals surface area contributed by atoms with Gasteiger partial charge in [0.15, 0.2) is 0 Å². The van der Waals surface area contributed by atoms with Crippen LogP contribution < -0.4 is 36.3 Å². The molecular weight excluding hydrogens is 366 g/mol. The number of hydrogen-bond acceptors (Lipinski definition) is 2. The minimum Gasteiger partial charge on any atom is -1.00 e. The zero-order chi connectivity index (χ0) is 5.98. The molecule has 0 unspecified atom stereocenters. The second kappa shape index (κ2) is 8.19. The van der Waals surface area contributed by atoms with E-state index in [-0.39, 0.29) is 45.9 Å². The first-order chi connectivity index (χ1) is 3.80. The van der Waals surface area contributed by atoms with Crippen LogP contribution in [0.3, 0.4) is 0 Å². The van der Waals surface area contributed by atoms with Gasteiger partial charge in [0.05, 0.1) is 11.4 Å². The van der Waals surface area contributed by atoms with Crippen molar-refractivity contribution in [2.24, 2.45) is 0 Å². The maximum Gasteiger partial charge on any atom is 2.00 e. The minimum absolute atomic E-state index is 0. The average molecular weight is 374 g/mol. The second-order valence-electron chi connectivity index (χ2n) is 1.63. The fourth-order valence-electron chi connectivity index (χ4n) is 0.511. The topological polar surface area (TPSA) is 52.0 Å². The molecule has 1 aromatic rings. The first-order valence-electron chi connectivity index (χ1n) is 2.40. The maximum atomic E-state index is 5.39. The molecule has 11 heavy (non-hydrogen) atoms. The molecule has 0 aliphatic carbocycles. The van der Waals surface area contributed by atoms with Crippen LogP contribution in [0.5, 0.6) is 0 Å². The van der Waals surface area contributed by atoms with Gasteiger partial charge >= 0.3 is 21.1 Å². The van der Waals surface area contributed by atoms with Crippen LogP contribution in [-0.4, -0.2) is 0 Å². The summed E-state index contributed by atoms with van der Waals surface area (Å²) in [4.78, 5) is 0. The molecule has 0 radical (unpaired) electrons. The monoisotopic (exact) mass is 373 g/mol. The van der Waals surface area contributed by atoms with Crippen molar-refractivity contribution in [3.8, 4) is 0 Å². The number of nitrogen functional groups attached to an aromatic ring is 2. The Balaban J connectivity index is -0.000000213. The summed E-state index contributed by atoms with van der Waals surface area (Å²) in [6.45, 7) is 0. The van der Waals surface area contributed by atoms with E-state index in [1.807, 2.05) is 12.1 Å². The van der Waals surface area contributed by atoms with Crippen LogP contribution in [0.25, 0.3) is 0 Å².